The van der Waals surface area contributed by atoms with Gasteiger partial charge in [0.25, 0.3) is 0 Å². The van der Waals surface area contributed by atoms with Crippen molar-refractivity contribution in [3.05, 3.63) is 24.3 Å². The van der Waals surface area contributed by atoms with Crippen molar-refractivity contribution in [1.29, 1.82) is 0 Å². The molecule has 1 aromatic carbocycles. The molecule has 0 amide bonds. The third-order valence-corrected chi connectivity index (χ3v) is 6.66. The van der Waals surface area contributed by atoms with Crippen molar-refractivity contribution in [3.63, 3.8) is 0 Å². The first kappa shape index (κ1) is 14.8. The zero-order valence-corrected chi connectivity index (χ0v) is 13.4. The van der Waals surface area contributed by atoms with Crippen molar-refractivity contribution >= 4 is 15.7 Å². The Morgan fingerprint density at radius 2 is 2.00 bits per heavy atom. The molecule has 0 aromatic heterocycles. The third-order valence-electron chi connectivity index (χ3n) is 4.62. The van der Waals surface area contributed by atoms with Crippen LogP contribution >= 0.6 is 0 Å². The molecule has 0 saturated carbocycles. The van der Waals surface area contributed by atoms with Gasteiger partial charge in [-0.3, -0.25) is 4.90 Å². The zero-order valence-electron chi connectivity index (χ0n) is 12.6. The molecule has 2 unspecified atom stereocenters. The van der Waals surface area contributed by atoms with Crippen LogP contribution in [0.5, 0.6) is 0 Å². The van der Waals surface area contributed by atoms with Crippen LogP contribution in [0.2, 0.25) is 0 Å². The van der Waals surface area contributed by atoms with Crippen molar-refractivity contribution in [2.24, 2.45) is 0 Å². The van der Waals surface area contributed by atoms with Gasteiger partial charge in [-0.05, 0) is 38.4 Å². The highest BCUT2D eigenvalue weighted by atomic mass is 32.2. The molecule has 2 heterocycles. The predicted octanol–water partition coefficient (Wildman–Crippen LogP) is 1.59. The minimum atomic E-state index is -3.45. The van der Waals surface area contributed by atoms with Crippen molar-refractivity contribution in [3.8, 4) is 0 Å². The number of sulfonamides is 1. The molecule has 3 rings (SSSR count). The van der Waals surface area contributed by atoms with E-state index in [4.69, 9.17) is 0 Å². The van der Waals surface area contributed by atoms with Crippen LogP contribution in [0.1, 0.15) is 19.8 Å². The number of hydrogen-bond acceptors (Lipinski definition) is 4. The van der Waals surface area contributed by atoms with Crippen LogP contribution in [-0.2, 0) is 10.0 Å². The summed E-state index contributed by atoms with van der Waals surface area (Å²) in [6, 6.07) is 7.54. The number of nitrogens with one attached hydrogen (secondary N) is 1. The summed E-state index contributed by atoms with van der Waals surface area (Å²) in [4.78, 5) is 2.81. The maximum Gasteiger partial charge on any atom is 0.245 e. The maximum absolute atomic E-state index is 13.0. The lowest BCUT2D eigenvalue weighted by Gasteiger charge is -2.41. The van der Waals surface area contributed by atoms with Crippen LogP contribution in [0.15, 0.2) is 29.2 Å². The minimum Gasteiger partial charge on any atom is -0.387 e. The van der Waals surface area contributed by atoms with Crippen molar-refractivity contribution in [2.45, 2.75) is 36.7 Å². The largest absolute Gasteiger partial charge is 0.387 e. The van der Waals surface area contributed by atoms with E-state index in [0.717, 1.165) is 19.5 Å². The van der Waals surface area contributed by atoms with E-state index in [2.05, 4.69) is 10.2 Å². The lowest BCUT2D eigenvalue weighted by atomic mass is 10.1. The molecule has 2 aliphatic rings. The summed E-state index contributed by atoms with van der Waals surface area (Å²) in [5, 5.41) is 2.99. The molecule has 2 atom stereocenters. The van der Waals surface area contributed by atoms with E-state index in [1.165, 1.54) is 6.42 Å². The summed E-state index contributed by atoms with van der Waals surface area (Å²) < 4.78 is 27.8. The van der Waals surface area contributed by atoms with Gasteiger partial charge in [0.05, 0.1) is 5.69 Å². The van der Waals surface area contributed by atoms with E-state index in [-0.39, 0.29) is 6.04 Å². The quantitative estimate of drug-likeness (QED) is 0.921. The third kappa shape index (κ3) is 2.56. The van der Waals surface area contributed by atoms with Gasteiger partial charge in [-0.2, -0.15) is 4.31 Å². The first-order valence-electron chi connectivity index (χ1n) is 7.56. The highest BCUT2D eigenvalue weighted by Gasteiger charge is 2.40. The average molecular weight is 309 g/mol. The molecule has 2 fully saturated rings. The Kier molecular flexibility index (Phi) is 3.94. The number of hydrogen-bond donors (Lipinski definition) is 1. The summed E-state index contributed by atoms with van der Waals surface area (Å²) in [7, 11) is -1.69. The van der Waals surface area contributed by atoms with E-state index in [1.54, 1.807) is 23.5 Å². The highest BCUT2D eigenvalue weighted by molar-refractivity contribution is 7.89. The monoisotopic (exact) mass is 309 g/mol. The molecule has 6 heteroatoms. The van der Waals surface area contributed by atoms with Crippen LogP contribution in [-0.4, -0.2) is 56.4 Å². The number of fused-ring (bicyclic) bond motifs is 1. The Bertz CT molecular complexity index is 617. The summed E-state index contributed by atoms with van der Waals surface area (Å²) in [6.07, 6.45) is 2.28. The van der Waals surface area contributed by atoms with Crippen molar-refractivity contribution in [2.75, 3.05) is 32.0 Å². The van der Waals surface area contributed by atoms with Gasteiger partial charge in [-0.1, -0.05) is 12.1 Å². The van der Waals surface area contributed by atoms with Gasteiger partial charge in [0, 0.05) is 32.2 Å². The van der Waals surface area contributed by atoms with Gasteiger partial charge in [0.1, 0.15) is 4.90 Å². The summed E-state index contributed by atoms with van der Waals surface area (Å²) in [5.74, 6) is 0. The molecule has 116 valence electrons. The molecular weight excluding hydrogens is 286 g/mol. The van der Waals surface area contributed by atoms with Crippen LogP contribution in [0.3, 0.4) is 0 Å². The van der Waals surface area contributed by atoms with E-state index < -0.39 is 10.0 Å². The molecular formula is C15H23N3O2S. The van der Waals surface area contributed by atoms with Gasteiger partial charge in [-0.15, -0.1) is 0 Å². The minimum absolute atomic E-state index is 0.0225. The number of anilines is 1. The van der Waals surface area contributed by atoms with E-state index in [0.29, 0.717) is 23.2 Å². The van der Waals surface area contributed by atoms with Gasteiger partial charge in [-0.25, -0.2) is 8.42 Å². The normalized spacial score (nSPS) is 27.5. The van der Waals surface area contributed by atoms with Crippen LogP contribution in [0.25, 0.3) is 0 Å². The highest BCUT2D eigenvalue weighted by Crippen LogP contribution is 2.31. The van der Waals surface area contributed by atoms with Gasteiger partial charge in [0.2, 0.25) is 10.0 Å². The fourth-order valence-corrected chi connectivity index (χ4v) is 5.38. The number of para-hydroxylation sites is 1. The summed E-state index contributed by atoms with van der Waals surface area (Å²) >= 11 is 0. The topological polar surface area (TPSA) is 52.7 Å². The standard InChI is InChI=1S/C15H23N3O2S/c1-12-10-17-9-5-6-13(17)11-18(12)21(19,20)15-8-4-3-7-14(15)16-2/h3-4,7-8,12-13,16H,5-6,9-11H2,1-2H3. The molecule has 1 aromatic rings. The molecule has 0 radical (unpaired) electrons. The number of piperazine rings is 1. The second kappa shape index (κ2) is 5.59. The fourth-order valence-electron chi connectivity index (χ4n) is 3.52. The summed E-state index contributed by atoms with van der Waals surface area (Å²) in [5.41, 5.74) is 0.665. The molecule has 21 heavy (non-hydrogen) atoms. The van der Waals surface area contributed by atoms with E-state index in [9.17, 15) is 8.42 Å². The van der Waals surface area contributed by atoms with E-state index in [1.807, 2.05) is 19.1 Å². The molecule has 2 aliphatic heterocycles. The lowest BCUT2D eigenvalue weighted by Crippen LogP contribution is -2.56. The zero-order chi connectivity index (χ0) is 15.0. The van der Waals surface area contributed by atoms with Gasteiger partial charge < -0.3 is 5.32 Å². The first-order chi connectivity index (χ1) is 10.0. The average Bonchev–Trinajstić information content (AvgIpc) is 2.93. The Hall–Kier alpha value is -1.11. The lowest BCUT2D eigenvalue weighted by molar-refractivity contribution is 0.117. The number of benzene rings is 1. The molecule has 0 bridgehead atoms. The molecule has 0 aliphatic carbocycles. The SMILES string of the molecule is CNc1ccccc1S(=O)(=O)N1CC2CCCN2CC1C. The summed E-state index contributed by atoms with van der Waals surface area (Å²) in [6.45, 7) is 4.57. The molecule has 5 nitrogen and oxygen atoms in total. The predicted molar refractivity (Wildman–Crippen MR) is 83.9 cm³/mol. The molecule has 1 N–H and O–H groups in total. The second-order valence-electron chi connectivity index (χ2n) is 5.96. The number of rotatable bonds is 3. The van der Waals surface area contributed by atoms with Gasteiger partial charge >= 0.3 is 0 Å². The Morgan fingerprint density at radius 1 is 1.24 bits per heavy atom. The van der Waals surface area contributed by atoms with Crippen LogP contribution in [0, 0.1) is 0 Å². The molecule has 0 spiro atoms. The van der Waals surface area contributed by atoms with Crippen LogP contribution < -0.4 is 5.32 Å². The van der Waals surface area contributed by atoms with Crippen LogP contribution in [0.4, 0.5) is 5.69 Å². The van der Waals surface area contributed by atoms with Crippen molar-refractivity contribution in [1.82, 2.24) is 9.21 Å². The maximum atomic E-state index is 13.0. The smallest absolute Gasteiger partial charge is 0.245 e. The van der Waals surface area contributed by atoms with E-state index >= 15 is 0 Å². The molecule has 2 saturated heterocycles. The van der Waals surface area contributed by atoms with Crippen molar-refractivity contribution < 1.29 is 8.42 Å². The van der Waals surface area contributed by atoms with Gasteiger partial charge in [0.15, 0.2) is 0 Å². The Balaban J connectivity index is 1.94. The fraction of sp³-hybridized carbons (Fsp3) is 0.600. The Morgan fingerprint density at radius 3 is 2.76 bits per heavy atom. The second-order valence-corrected chi connectivity index (χ2v) is 7.82. The number of nitrogens with zero attached hydrogens (tertiary/aromatic N) is 2. The first-order valence-corrected chi connectivity index (χ1v) is 9.00. The Labute approximate surface area is 127 Å².